The van der Waals surface area contributed by atoms with Crippen molar-refractivity contribution in [3.05, 3.63) is 22.8 Å². The topological polar surface area (TPSA) is 55.8 Å². The molecule has 0 amide bonds. The van der Waals surface area contributed by atoms with Gasteiger partial charge >= 0.3 is 6.18 Å². The highest BCUT2D eigenvalue weighted by Gasteiger charge is 2.33. The van der Waals surface area contributed by atoms with Crippen LogP contribution in [0.5, 0.6) is 0 Å². The summed E-state index contributed by atoms with van der Waals surface area (Å²) in [5, 5.41) is 6.86. The molecule has 168 valence electrons. The maximum absolute atomic E-state index is 12.8. The fraction of sp³-hybridized carbons (Fsp3) is 0.700. The number of aliphatic imine (C=N–C) groups is 1. The number of likely N-dealkylation sites (tertiary alicyclic amines) is 1. The summed E-state index contributed by atoms with van der Waals surface area (Å²) in [6, 6.07) is 1.06. The van der Waals surface area contributed by atoms with E-state index < -0.39 is 11.7 Å². The molecule has 6 nitrogen and oxygen atoms in total. The number of piperidine rings is 1. The van der Waals surface area contributed by atoms with Crippen molar-refractivity contribution in [1.29, 1.82) is 0 Å². The molecule has 3 rings (SSSR count). The fourth-order valence-electron chi connectivity index (χ4n) is 4.12. The number of nitrogens with one attached hydrogen (secondary N) is 2. The van der Waals surface area contributed by atoms with E-state index in [0.29, 0.717) is 24.8 Å². The number of hydrogen-bond donors (Lipinski definition) is 2. The maximum atomic E-state index is 12.8. The number of guanidine groups is 1. The average Bonchev–Trinajstić information content (AvgIpc) is 3.18. The first-order valence-corrected chi connectivity index (χ1v) is 10.8. The van der Waals surface area contributed by atoms with E-state index in [0.717, 1.165) is 44.3 Å². The minimum atomic E-state index is -4.45. The Bertz CT molecular complexity index is 742. The van der Waals surface area contributed by atoms with E-state index in [4.69, 9.17) is 11.6 Å². The highest BCUT2D eigenvalue weighted by atomic mass is 35.5. The van der Waals surface area contributed by atoms with Crippen LogP contribution in [0.4, 0.5) is 19.0 Å². The van der Waals surface area contributed by atoms with Crippen molar-refractivity contribution in [3.63, 3.8) is 0 Å². The van der Waals surface area contributed by atoms with Gasteiger partial charge in [-0.2, -0.15) is 13.2 Å². The Balaban J connectivity index is 1.51. The van der Waals surface area contributed by atoms with Gasteiger partial charge in [0, 0.05) is 45.5 Å². The molecule has 0 radical (unpaired) electrons. The van der Waals surface area contributed by atoms with Crippen molar-refractivity contribution in [2.75, 3.05) is 51.2 Å². The quantitative estimate of drug-likeness (QED) is 0.537. The van der Waals surface area contributed by atoms with E-state index in [1.165, 1.54) is 19.4 Å². The molecule has 2 fully saturated rings. The number of alkyl halides is 3. The first kappa shape index (κ1) is 22.9. The fourth-order valence-corrected chi connectivity index (χ4v) is 4.41. The number of aromatic nitrogens is 1. The third kappa shape index (κ3) is 5.91. The molecule has 0 aliphatic carbocycles. The molecule has 0 bridgehead atoms. The smallest absolute Gasteiger partial charge is 0.356 e. The Morgan fingerprint density at radius 1 is 1.30 bits per heavy atom. The van der Waals surface area contributed by atoms with Gasteiger partial charge in [0.15, 0.2) is 5.96 Å². The Hall–Kier alpha value is -1.74. The monoisotopic (exact) mass is 446 g/mol. The molecule has 1 aromatic heterocycles. The van der Waals surface area contributed by atoms with Gasteiger partial charge in [0.1, 0.15) is 5.82 Å². The van der Waals surface area contributed by atoms with Crippen molar-refractivity contribution < 1.29 is 13.2 Å². The lowest BCUT2D eigenvalue weighted by molar-refractivity contribution is -0.137. The molecule has 2 aliphatic rings. The molecular weight excluding hydrogens is 417 g/mol. The van der Waals surface area contributed by atoms with Gasteiger partial charge in [-0.1, -0.05) is 18.5 Å². The summed E-state index contributed by atoms with van der Waals surface area (Å²) in [7, 11) is 1.75. The number of nitrogens with zero attached hydrogens (tertiary/aromatic N) is 4. The number of anilines is 1. The highest BCUT2D eigenvalue weighted by molar-refractivity contribution is 6.33. The number of halogens is 4. The van der Waals surface area contributed by atoms with Crippen LogP contribution in [-0.2, 0) is 6.18 Å². The minimum absolute atomic E-state index is 0.0192. The molecule has 2 atom stereocenters. The molecular formula is C20H30ClF3N6. The van der Waals surface area contributed by atoms with Gasteiger partial charge in [0.2, 0.25) is 0 Å². The van der Waals surface area contributed by atoms with Crippen LogP contribution in [0.3, 0.4) is 0 Å². The third-order valence-corrected chi connectivity index (χ3v) is 6.09. The van der Waals surface area contributed by atoms with Gasteiger partial charge in [0.25, 0.3) is 0 Å². The van der Waals surface area contributed by atoms with Crippen molar-refractivity contribution in [2.45, 2.75) is 38.4 Å². The van der Waals surface area contributed by atoms with Crippen LogP contribution in [-0.4, -0.2) is 68.2 Å². The van der Waals surface area contributed by atoms with E-state index in [-0.39, 0.29) is 11.1 Å². The molecule has 0 aromatic carbocycles. The first-order valence-electron chi connectivity index (χ1n) is 10.5. The zero-order chi connectivity index (χ0) is 21.7. The third-order valence-electron chi connectivity index (χ3n) is 5.81. The first-order chi connectivity index (χ1) is 14.3. The summed E-state index contributed by atoms with van der Waals surface area (Å²) < 4.78 is 38.5. The standard InChI is InChI=1S/C20H30ClF3N6/c1-3-29-7-4-5-14(12-29)10-27-19(25-2)28-16-6-8-30(13-16)18-17(21)9-15(11-26-18)20(22,23)24/h9,11,14,16H,3-8,10,12-13H2,1-2H3,(H2,25,27,28). The summed E-state index contributed by atoms with van der Waals surface area (Å²) in [6.45, 7) is 7.71. The van der Waals surface area contributed by atoms with Gasteiger partial charge in [-0.05, 0) is 44.3 Å². The lowest BCUT2D eigenvalue weighted by atomic mass is 9.98. The molecule has 2 saturated heterocycles. The van der Waals surface area contributed by atoms with Gasteiger partial charge in [-0.25, -0.2) is 4.98 Å². The molecule has 2 aliphatic heterocycles. The second kappa shape index (κ2) is 10.0. The molecule has 0 spiro atoms. The van der Waals surface area contributed by atoms with Gasteiger partial charge < -0.3 is 20.4 Å². The Labute approximate surface area is 180 Å². The molecule has 3 heterocycles. The van der Waals surface area contributed by atoms with Crippen LogP contribution in [0.2, 0.25) is 5.02 Å². The Morgan fingerprint density at radius 3 is 2.77 bits per heavy atom. The number of hydrogen-bond acceptors (Lipinski definition) is 4. The van der Waals surface area contributed by atoms with Crippen LogP contribution in [0.25, 0.3) is 0 Å². The molecule has 10 heteroatoms. The van der Waals surface area contributed by atoms with Crippen LogP contribution in [0.15, 0.2) is 17.3 Å². The summed E-state index contributed by atoms with van der Waals surface area (Å²) in [5.74, 6) is 1.74. The predicted octanol–water partition coefficient (Wildman–Crippen LogP) is 3.23. The van der Waals surface area contributed by atoms with Crippen LogP contribution in [0.1, 0.15) is 31.7 Å². The van der Waals surface area contributed by atoms with E-state index in [2.05, 4.69) is 32.4 Å². The average molecular weight is 447 g/mol. The zero-order valence-corrected chi connectivity index (χ0v) is 18.2. The zero-order valence-electron chi connectivity index (χ0n) is 17.5. The van der Waals surface area contributed by atoms with Crippen LogP contribution in [0, 0.1) is 5.92 Å². The second-order valence-corrected chi connectivity index (χ2v) is 8.36. The van der Waals surface area contributed by atoms with E-state index in [1.807, 2.05) is 4.90 Å². The maximum Gasteiger partial charge on any atom is 0.417 e. The Morgan fingerprint density at radius 2 is 2.10 bits per heavy atom. The molecule has 2 unspecified atom stereocenters. The summed E-state index contributed by atoms with van der Waals surface area (Å²) >= 11 is 6.09. The summed E-state index contributed by atoms with van der Waals surface area (Å²) in [5.41, 5.74) is -0.834. The molecule has 2 N–H and O–H groups in total. The number of rotatable bonds is 5. The minimum Gasteiger partial charge on any atom is -0.356 e. The Kier molecular flexibility index (Phi) is 7.68. The van der Waals surface area contributed by atoms with E-state index in [1.54, 1.807) is 7.05 Å². The van der Waals surface area contributed by atoms with E-state index in [9.17, 15) is 13.2 Å². The molecule has 30 heavy (non-hydrogen) atoms. The summed E-state index contributed by atoms with van der Waals surface area (Å²) in [4.78, 5) is 12.7. The number of pyridine rings is 1. The van der Waals surface area contributed by atoms with Crippen molar-refractivity contribution in [2.24, 2.45) is 10.9 Å². The normalized spacial score (nSPS) is 23.7. The van der Waals surface area contributed by atoms with Crippen LogP contribution < -0.4 is 15.5 Å². The van der Waals surface area contributed by atoms with Crippen molar-refractivity contribution >= 4 is 23.4 Å². The SMILES string of the molecule is CCN1CCCC(CNC(=NC)NC2CCN(c3ncc(C(F)(F)F)cc3Cl)C2)C1. The summed E-state index contributed by atoms with van der Waals surface area (Å²) in [6.07, 6.45) is -0.339. The lowest BCUT2D eigenvalue weighted by Crippen LogP contribution is -2.47. The largest absolute Gasteiger partial charge is 0.417 e. The van der Waals surface area contributed by atoms with Crippen LogP contribution >= 0.6 is 11.6 Å². The van der Waals surface area contributed by atoms with E-state index >= 15 is 0 Å². The highest BCUT2D eigenvalue weighted by Crippen LogP contribution is 2.34. The molecule has 1 aromatic rings. The second-order valence-electron chi connectivity index (χ2n) is 7.96. The van der Waals surface area contributed by atoms with Crippen molar-refractivity contribution in [1.82, 2.24) is 20.5 Å². The van der Waals surface area contributed by atoms with Gasteiger partial charge in [0.05, 0.1) is 10.6 Å². The van der Waals surface area contributed by atoms with Crippen molar-refractivity contribution in [3.8, 4) is 0 Å². The predicted molar refractivity (Wildman–Crippen MR) is 114 cm³/mol. The van der Waals surface area contributed by atoms with Gasteiger partial charge in [-0.15, -0.1) is 0 Å². The van der Waals surface area contributed by atoms with Gasteiger partial charge in [-0.3, -0.25) is 4.99 Å². The lowest BCUT2D eigenvalue weighted by Gasteiger charge is -2.32. The molecule has 0 saturated carbocycles.